The Morgan fingerprint density at radius 3 is 2.27 bits per heavy atom. The maximum Gasteiger partial charge on any atom is 0.270 e. The van der Waals surface area contributed by atoms with Crippen LogP contribution in [0.2, 0.25) is 0 Å². The number of pyridine rings is 1. The predicted molar refractivity (Wildman–Crippen MR) is 110 cm³/mol. The normalized spacial score (nSPS) is 14.0. The first-order valence-corrected chi connectivity index (χ1v) is 8.50. The number of anilines is 1. The lowest BCUT2D eigenvalue weighted by Crippen LogP contribution is -2.29. The van der Waals surface area contributed by atoms with Crippen LogP contribution in [0.25, 0.3) is 0 Å². The largest absolute Gasteiger partial charge is 0.397 e. The molecule has 0 unspecified atom stereocenters. The average molecular weight is 397 g/mol. The molecule has 3 rings (SSSR count). The van der Waals surface area contributed by atoms with Crippen molar-refractivity contribution in [1.82, 2.24) is 15.2 Å². The van der Waals surface area contributed by atoms with Gasteiger partial charge in [0.2, 0.25) is 0 Å². The van der Waals surface area contributed by atoms with Crippen LogP contribution in [-0.2, 0) is 13.1 Å². The number of nitrogens with zero attached hydrogens (tertiary/aromatic N) is 2. The Labute approximate surface area is 167 Å². The highest BCUT2D eigenvalue weighted by atomic mass is 35.5. The van der Waals surface area contributed by atoms with Gasteiger partial charge in [0.25, 0.3) is 5.91 Å². The SMILES string of the molecule is Cl.Cl.Nc1ccc(C(=O)NCc2ccc(CN3CCCCC3)cc2)nc1. The fourth-order valence-corrected chi connectivity index (χ4v) is 2.95. The Balaban J connectivity index is 0.00000169. The zero-order valence-corrected chi connectivity index (χ0v) is 16.3. The van der Waals surface area contributed by atoms with Gasteiger partial charge in [0, 0.05) is 13.1 Å². The van der Waals surface area contributed by atoms with E-state index in [-0.39, 0.29) is 30.7 Å². The van der Waals surface area contributed by atoms with E-state index in [4.69, 9.17) is 5.73 Å². The summed E-state index contributed by atoms with van der Waals surface area (Å²) in [6, 6.07) is 11.8. The number of piperidine rings is 1. The smallest absolute Gasteiger partial charge is 0.270 e. The third kappa shape index (κ3) is 6.48. The fourth-order valence-electron chi connectivity index (χ4n) is 2.95. The molecular weight excluding hydrogens is 371 g/mol. The van der Waals surface area contributed by atoms with E-state index in [1.165, 1.54) is 44.1 Å². The van der Waals surface area contributed by atoms with E-state index in [0.717, 1.165) is 12.1 Å². The number of halogens is 2. The van der Waals surface area contributed by atoms with Crippen LogP contribution in [0.15, 0.2) is 42.6 Å². The highest BCUT2D eigenvalue weighted by molar-refractivity contribution is 5.92. The lowest BCUT2D eigenvalue weighted by molar-refractivity contribution is 0.0946. The maximum atomic E-state index is 12.0. The molecule has 1 amide bonds. The maximum absolute atomic E-state index is 12.0. The Bertz CT molecular complexity index is 671. The lowest BCUT2D eigenvalue weighted by Gasteiger charge is -2.26. The van der Waals surface area contributed by atoms with Gasteiger partial charge < -0.3 is 11.1 Å². The number of hydrogen-bond acceptors (Lipinski definition) is 4. The summed E-state index contributed by atoms with van der Waals surface area (Å²) in [6.45, 7) is 3.91. The van der Waals surface area contributed by atoms with Crippen LogP contribution >= 0.6 is 24.8 Å². The third-order valence-corrected chi connectivity index (χ3v) is 4.35. The van der Waals surface area contributed by atoms with E-state index in [1.807, 2.05) is 0 Å². The van der Waals surface area contributed by atoms with Crippen molar-refractivity contribution >= 4 is 36.4 Å². The molecule has 1 saturated heterocycles. The number of rotatable bonds is 5. The molecule has 0 radical (unpaired) electrons. The van der Waals surface area contributed by atoms with E-state index in [2.05, 4.69) is 39.5 Å². The summed E-state index contributed by atoms with van der Waals surface area (Å²) in [5.74, 6) is -0.188. The van der Waals surface area contributed by atoms with Gasteiger partial charge in [0.1, 0.15) is 5.69 Å². The van der Waals surface area contributed by atoms with Gasteiger partial charge in [-0.2, -0.15) is 0 Å². The van der Waals surface area contributed by atoms with E-state index in [1.54, 1.807) is 12.1 Å². The van der Waals surface area contributed by atoms with Crippen molar-refractivity contribution < 1.29 is 4.79 Å². The summed E-state index contributed by atoms with van der Waals surface area (Å²) in [7, 11) is 0. The van der Waals surface area contributed by atoms with E-state index in [9.17, 15) is 4.79 Å². The van der Waals surface area contributed by atoms with Gasteiger partial charge in [0.15, 0.2) is 0 Å². The molecule has 2 heterocycles. The van der Waals surface area contributed by atoms with Gasteiger partial charge in [0.05, 0.1) is 11.9 Å². The minimum Gasteiger partial charge on any atom is -0.397 e. The molecular formula is C19H26Cl2N4O. The number of nitrogens with one attached hydrogen (secondary N) is 1. The molecule has 142 valence electrons. The van der Waals surface area contributed by atoms with Crippen LogP contribution < -0.4 is 11.1 Å². The molecule has 1 aromatic heterocycles. The molecule has 0 atom stereocenters. The van der Waals surface area contributed by atoms with Crippen molar-refractivity contribution in [3.05, 3.63) is 59.4 Å². The Kier molecular flexibility index (Phi) is 9.41. The van der Waals surface area contributed by atoms with Gasteiger partial charge >= 0.3 is 0 Å². The molecule has 0 spiro atoms. The summed E-state index contributed by atoms with van der Waals surface area (Å²) >= 11 is 0. The standard InChI is InChI=1S/C19H24N4O.2ClH/c20-17-8-9-18(21-13-17)19(24)22-12-15-4-6-16(7-5-15)14-23-10-2-1-3-11-23;;/h4-9,13H,1-3,10-12,14,20H2,(H,22,24);2*1H. The van der Waals surface area contributed by atoms with Crippen molar-refractivity contribution in [2.75, 3.05) is 18.8 Å². The summed E-state index contributed by atoms with van der Waals surface area (Å²) in [4.78, 5) is 18.6. The molecule has 7 heteroatoms. The molecule has 1 aliphatic heterocycles. The zero-order chi connectivity index (χ0) is 16.8. The van der Waals surface area contributed by atoms with Crippen LogP contribution in [0.4, 0.5) is 5.69 Å². The number of hydrogen-bond donors (Lipinski definition) is 2. The number of benzene rings is 1. The average Bonchev–Trinajstić information content (AvgIpc) is 2.62. The van der Waals surface area contributed by atoms with Gasteiger partial charge in [-0.1, -0.05) is 30.7 Å². The summed E-state index contributed by atoms with van der Waals surface area (Å²) in [6.07, 6.45) is 5.47. The van der Waals surface area contributed by atoms with Crippen LogP contribution in [0.1, 0.15) is 40.9 Å². The number of nitrogen functional groups attached to an aromatic ring is 1. The molecule has 1 aliphatic rings. The summed E-state index contributed by atoms with van der Waals surface area (Å²) in [5, 5.41) is 2.88. The monoisotopic (exact) mass is 396 g/mol. The Hall–Kier alpha value is -1.82. The topological polar surface area (TPSA) is 71.2 Å². The van der Waals surface area contributed by atoms with Crippen molar-refractivity contribution in [3.8, 4) is 0 Å². The van der Waals surface area contributed by atoms with Gasteiger partial charge in [-0.25, -0.2) is 4.98 Å². The first-order chi connectivity index (χ1) is 11.7. The fraction of sp³-hybridized carbons (Fsp3) is 0.368. The second kappa shape index (κ2) is 11.0. The van der Waals surface area contributed by atoms with Crippen LogP contribution in [0.3, 0.4) is 0 Å². The quantitative estimate of drug-likeness (QED) is 0.811. The molecule has 0 bridgehead atoms. The Morgan fingerprint density at radius 2 is 1.65 bits per heavy atom. The minimum absolute atomic E-state index is 0. The number of likely N-dealkylation sites (tertiary alicyclic amines) is 1. The van der Waals surface area contributed by atoms with E-state index in [0.29, 0.717) is 17.9 Å². The molecule has 5 nitrogen and oxygen atoms in total. The highest BCUT2D eigenvalue weighted by Crippen LogP contribution is 2.13. The second-order valence-electron chi connectivity index (χ2n) is 6.31. The third-order valence-electron chi connectivity index (χ3n) is 4.35. The molecule has 0 saturated carbocycles. The molecule has 26 heavy (non-hydrogen) atoms. The second-order valence-corrected chi connectivity index (χ2v) is 6.31. The number of aromatic nitrogens is 1. The van der Waals surface area contributed by atoms with Crippen LogP contribution in [0.5, 0.6) is 0 Å². The van der Waals surface area contributed by atoms with E-state index >= 15 is 0 Å². The highest BCUT2D eigenvalue weighted by Gasteiger charge is 2.10. The number of nitrogens with two attached hydrogens (primary N) is 1. The van der Waals surface area contributed by atoms with Crippen LogP contribution in [-0.4, -0.2) is 28.9 Å². The van der Waals surface area contributed by atoms with Gasteiger partial charge in [-0.15, -0.1) is 24.8 Å². The molecule has 2 aromatic rings. The number of amides is 1. The van der Waals surface area contributed by atoms with Crippen molar-refractivity contribution in [1.29, 1.82) is 0 Å². The number of carbonyl (C=O) groups is 1. The van der Waals surface area contributed by atoms with Crippen molar-refractivity contribution in [3.63, 3.8) is 0 Å². The zero-order valence-electron chi connectivity index (χ0n) is 14.7. The van der Waals surface area contributed by atoms with Crippen LogP contribution in [0, 0.1) is 0 Å². The van der Waals surface area contributed by atoms with Gasteiger partial charge in [-0.3, -0.25) is 9.69 Å². The molecule has 3 N–H and O–H groups in total. The number of carbonyl (C=O) groups excluding carboxylic acids is 1. The first kappa shape index (κ1) is 22.2. The van der Waals surface area contributed by atoms with Crippen molar-refractivity contribution in [2.24, 2.45) is 0 Å². The first-order valence-electron chi connectivity index (χ1n) is 8.50. The molecule has 0 aliphatic carbocycles. The molecule has 1 aromatic carbocycles. The summed E-state index contributed by atoms with van der Waals surface area (Å²) in [5.41, 5.74) is 8.92. The summed E-state index contributed by atoms with van der Waals surface area (Å²) < 4.78 is 0. The predicted octanol–water partition coefficient (Wildman–Crippen LogP) is 3.42. The molecule has 1 fully saturated rings. The van der Waals surface area contributed by atoms with Gasteiger partial charge in [-0.05, 0) is 49.2 Å². The minimum atomic E-state index is -0.188. The van der Waals surface area contributed by atoms with E-state index < -0.39 is 0 Å². The van der Waals surface area contributed by atoms with Crippen molar-refractivity contribution in [2.45, 2.75) is 32.4 Å². The lowest BCUT2D eigenvalue weighted by atomic mass is 10.1. The Morgan fingerprint density at radius 1 is 1.00 bits per heavy atom.